The molecule has 1 aromatic rings. The lowest BCUT2D eigenvalue weighted by Gasteiger charge is -2.38. The van der Waals surface area contributed by atoms with Crippen LogP contribution in [0, 0.1) is 23.5 Å². The average Bonchev–Trinajstić information content (AvgIpc) is 2.67. The van der Waals surface area contributed by atoms with Crippen LogP contribution in [0.3, 0.4) is 0 Å². The summed E-state index contributed by atoms with van der Waals surface area (Å²) >= 11 is 0. The lowest BCUT2D eigenvalue weighted by Crippen LogP contribution is -2.48. The molecule has 0 aromatic heterocycles. The lowest BCUT2D eigenvalue weighted by molar-refractivity contribution is -0.138. The summed E-state index contributed by atoms with van der Waals surface area (Å²) in [6.07, 6.45) is 3.33. The van der Waals surface area contributed by atoms with Gasteiger partial charge < -0.3 is 15.1 Å². The Bertz CT molecular complexity index is 694. The highest BCUT2D eigenvalue weighted by Gasteiger charge is 2.33. The van der Waals surface area contributed by atoms with Crippen molar-refractivity contribution >= 4 is 24.2 Å². The van der Waals surface area contributed by atoms with E-state index in [1.165, 1.54) is 6.07 Å². The Morgan fingerprint density at radius 3 is 2.46 bits per heavy atom. The van der Waals surface area contributed by atoms with Gasteiger partial charge in [-0.05, 0) is 57.3 Å². The molecule has 3 rings (SSSR count). The van der Waals surface area contributed by atoms with E-state index in [0.717, 1.165) is 44.6 Å². The minimum absolute atomic E-state index is 0. The van der Waals surface area contributed by atoms with E-state index in [1.807, 2.05) is 11.9 Å². The van der Waals surface area contributed by atoms with Crippen molar-refractivity contribution in [1.82, 2.24) is 15.1 Å². The van der Waals surface area contributed by atoms with Crippen molar-refractivity contribution in [2.24, 2.45) is 11.8 Å². The van der Waals surface area contributed by atoms with Crippen LogP contribution in [-0.4, -0.2) is 61.4 Å². The Labute approximate surface area is 170 Å². The van der Waals surface area contributed by atoms with Crippen LogP contribution in [0.15, 0.2) is 18.2 Å². The molecule has 5 nitrogen and oxygen atoms in total. The van der Waals surface area contributed by atoms with E-state index in [-0.39, 0.29) is 29.8 Å². The van der Waals surface area contributed by atoms with Gasteiger partial charge in [0.05, 0.1) is 5.56 Å². The number of rotatable bonds is 4. The maximum atomic E-state index is 13.8. The van der Waals surface area contributed by atoms with Gasteiger partial charge in [-0.25, -0.2) is 8.78 Å². The molecule has 0 aliphatic carbocycles. The fourth-order valence-corrected chi connectivity index (χ4v) is 4.14. The van der Waals surface area contributed by atoms with Gasteiger partial charge in [0.2, 0.25) is 5.91 Å². The van der Waals surface area contributed by atoms with E-state index in [0.29, 0.717) is 31.8 Å². The lowest BCUT2D eigenvalue weighted by atomic mass is 9.92. The molecule has 8 heteroatoms. The van der Waals surface area contributed by atoms with E-state index >= 15 is 0 Å². The monoisotopic (exact) mass is 415 g/mol. The van der Waals surface area contributed by atoms with E-state index in [2.05, 4.69) is 5.32 Å². The molecule has 2 aliphatic rings. The van der Waals surface area contributed by atoms with Crippen molar-refractivity contribution in [2.45, 2.75) is 25.7 Å². The van der Waals surface area contributed by atoms with E-state index in [1.54, 1.807) is 4.90 Å². The quantitative estimate of drug-likeness (QED) is 0.822. The summed E-state index contributed by atoms with van der Waals surface area (Å²) in [6, 6.07) is 2.99. The molecule has 2 aliphatic heterocycles. The van der Waals surface area contributed by atoms with Crippen LogP contribution in [-0.2, 0) is 4.79 Å². The number of carbonyl (C=O) groups is 2. The summed E-state index contributed by atoms with van der Waals surface area (Å²) in [4.78, 5) is 28.8. The number of benzene rings is 1. The van der Waals surface area contributed by atoms with Crippen LogP contribution >= 0.6 is 12.4 Å². The largest absolute Gasteiger partial charge is 0.342 e. The molecule has 0 spiro atoms. The summed E-state index contributed by atoms with van der Waals surface area (Å²) in [5, 5.41) is 3.18. The SMILES string of the molecule is CNCC1CCCN(C(=O)C2CCN(C(=O)c3ccc(F)cc3F)CC2)C1.Cl. The van der Waals surface area contributed by atoms with E-state index < -0.39 is 17.5 Å². The van der Waals surface area contributed by atoms with Gasteiger partial charge in [-0.3, -0.25) is 9.59 Å². The first-order valence-corrected chi connectivity index (χ1v) is 9.67. The van der Waals surface area contributed by atoms with Crippen LogP contribution in [0.1, 0.15) is 36.0 Å². The van der Waals surface area contributed by atoms with E-state index in [4.69, 9.17) is 0 Å². The third-order valence-corrected chi connectivity index (χ3v) is 5.62. The molecule has 1 N–H and O–H groups in total. The zero-order valence-electron chi connectivity index (χ0n) is 16.1. The van der Waals surface area contributed by atoms with Crippen LogP contribution < -0.4 is 5.32 Å². The van der Waals surface area contributed by atoms with Crippen molar-refractivity contribution in [1.29, 1.82) is 0 Å². The molecule has 0 bridgehead atoms. The van der Waals surface area contributed by atoms with Gasteiger partial charge in [-0.15, -0.1) is 12.4 Å². The van der Waals surface area contributed by atoms with Gasteiger partial charge in [0.25, 0.3) is 5.91 Å². The van der Waals surface area contributed by atoms with Crippen LogP contribution in [0.4, 0.5) is 8.78 Å². The molecule has 1 unspecified atom stereocenters. The maximum Gasteiger partial charge on any atom is 0.256 e. The normalized spacial score (nSPS) is 20.6. The van der Waals surface area contributed by atoms with Gasteiger partial charge in [0, 0.05) is 38.2 Å². The Hall–Kier alpha value is -1.73. The van der Waals surface area contributed by atoms with Gasteiger partial charge >= 0.3 is 0 Å². The Morgan fingerprint density at radius 1 is 1.11 bits per heavy atom. The standard InChI is InChI=1S/C20H27F2N3O2.ClH/c1-23-12-14-3-2-8-25(13-14)19(26)15-6-9-24(10-7-15)20(27)17-5-4-16(21)11-18(17)22;/h4-5,11,14-15,23H,2-3,6-10,12-13H2,1H3;1H. The summed E-state index contributed by atoms with van der Waals surface area (Å²) in [5.74, 6) is -1.40. The molecule has 2 fully saturated rings. The molecule has 156 valence electrons. The third-order valence-electron chi connectivity index (χ3n) is 5.62. The molecular formula is C20H28ClF2N3O2. The molecule has 2 saturated heterocycles. The number of halogens is 3. The molecule has 1 atom stereocenters. The maximum absolute atomic E-state index is 13.8. The van der Waals surface area contributed by atoms with Crippen molar-refractivity contribution in [2.75, 3.05) is 39.8 Å². The van der Waals surface area contributed by atoms with Crippen molar-refractivity contribution in [3.8, 4) is 0 Å². The summed E-state index contributed by atoms with van der Waals surface area (Å²) in [7, 11) is 1.93. The molecule has 1 aromatic carbocycles. The van der Waals surface area contributed by atoms with Gasteiger partial charge in [-0.1, -0.05) is 0 Å². The molecule has 0 radical (unpaired) electrons. The number of hydrogen-bond donors (Lipinski definition) is 1. The third kappa shape index (κ3) is 5.20. The molecular weight excluding hydrogens is 388 g/mol. The smallest absolute Gasteiger partial charge is 0.256 e. The number of amides is 2. The molecule has 0 saturated carbocycles. The van der Waals surface area contributed by atoms with Crippen LogP contribution in [0.2, 0.25) is 0 Å². The van der Waals surface area contributed by atoms with Gasteiger partial charge in [0.15, 0.2) is 0 Å². The van der Waals surface area contributed by atoms with E-state index in [9.17, 15) is 18.4 Å². The highest BCUT2D eigenvalue weighted by atomic mass is 35.5. The second kappa shape index (κ2) is 10.2. The van der Waals surface area contributed by atoms with Crippen molar-refractivity contribution in [3.05, 3.63) is 35.4 Å². The van der Waals surface area contributed by atoms with Crippen LogP contribution in [0.25, 0.3) is 0 Å². The fraction of sp³-hybridized carbons (Fsp3) is 0.600. The van der Waals surface area contributed by atoms with Gasteiger partial charge in [0.1, 0.15) is 11.6 Å². The zero-order chi connectivity index (χ0) is 19.4. The fourth-order valence-electron chi connectivity index (χ4n) is 4.14. The topological polar surface area (TPSA) is 52.7 Å². The number of likely N-dealkylation sites (tertiary alicyclic amines) is 2. The predicted molar refractivity (Wildman–Crippen MR) is 105 cm³/mol. The first-order valence-electron chi connectivity index (χ1n) is 9.67. The number of carbonyl (C=O) groups excluding carboxylic acids is 2. The minimum atomic E-state index is -0.845. The Kier molecular flexibility index (Phi) is 8.19. The molecule has 2 amide bonds. The minimum Gasteiger partial charge on any atom is -0.342 e. The number of piperidine rings is 2. The predicted octanol–water partition coefficient (Wildman–Crippen LogP) is 2.70. The Morgan fingerprint density at radius 2 is 1.82 bits per heavy atom. The highest BCUT2D eigenvalue weighted by Crippen LogP contribution is 2.25. The van der Waals surface area contributed by atoms with Crippen LogP contribution in [0.5, 0.6) is 0 Å². The number of hydrogen-bond acceptors (Lipinski definition) is 3. The Balaban J connectivity index is 0.00000280. The average molecular weight is 416 g/mol. The van der Waals surface area contributed by atoms with Crippen molar-refractivity contribution < 1.29 is 18.4 Å². The van der Waals surface area contributed by atoms with Gasteiger partial charge in [-0.2, -0.15) is 0 Å². The zero-order valence-corrected chi connectivity index (χ0v) is 16.9. The second-order valence-corrected chi connectivity index (χ2v) is 7.54. The first-order chi connectivity index (χ1) is 13.0. The second-order valence-electron chi connectivity index (χ2n) is 7.54. The number of nitrogens with one attached hydrogen (secondary N) is 1. The highest BCUT2D eigenvalue weighted by molar-refractivity contribution is 5.94. The summed E-state index contributed by atoms with van der Waals surface area (Å²) in [6.45, 7) is 3.35. The first kappa shape index (κ1) is 22.6. The number of nitrogens with zero attached hydrogens (tertiary/aromatic N) is 2. The summed E-state index contributed by atoms with van der Waals surface area (Å²) < 4.78 is 26.9. The van der Waals surface area contributed by atoms with Crippen molar-refractivity contribution in [3.63, 3.8) is 0 Å². The molecule has 2 heterocycles. The summed E-state index contributed by atoms with van der Waals surface area (Å²) in [5.41, 5.74) is -0.118. The molecule has 28 heavy (non-hydrogen) atoms.